The number of carbonyl (C=O) groups excluding carboxylic acids is 2. The van der Waals surface area contributed by atoms with E-state index in [0.717, 1.165) is 24.8 Å². The summed E-state index contributed by atoms with van der Waals surface area (Å²) in [5.41, 5.74) is 1.98. The number of aromatic nitrogens is 2. The zero-order valence-electron chi connectivity index (χ0n) is 22.6. The van der Waals surface area contributed by atoms with Crippen LogP contribution < -0.4 is 9.64 Å². The molecule has 1 aliphatic heterocycles. The van der Waals surface area contributed by atoms with Crippen LogP contribution in [-0.4, -0.2) is 33.6 Å². The first-order chi connectivity index (χ1) is 20.4. The molecule has 1 aliphatic rings. The first-order valence-electron chi connectivity index (χ1n) is 13.4. The van der Waals surface area contributed by atoms with Gasteiger partial charge in [0.05, 0.1) is 18.2 Å². The number of carbonyl (C=O) groups is 2. The minimum atomic E-state index is -0.943. The van der Waals surface area contributed by atoms with Gasteiger partial charge in [0.25, 0.3) is 5.78 Å². The van der Waals surface area contributed by atoms with Crippen LogP contribution in [0.2, 0.25) is 10.0 Å². The molecular weight excluding hydrogens is 613 g/mol. The molecule has 0 bridgehead atoms. The number of ether oxygens (including phenoxy) is 1. The SMILES string of the molecule is CCCCCOc1cccc(C2C(=C(O)c3ccc(Cl)cc3)C(=O)C(=O)N2c2nnc(SCc3ccc(Cl)cc3)s2)c1. The highest BCUT2D eigenvalue weighted by Gasteiger charge is 2.48. The second-order valence-corrected chi connectivity index (χ2v) is 12.6. The van der Waals surface area contributed by atoms with Crippen LogP contribution in [-0.2, 0) is 15.3 Å². The summed E-state index contributed by atoms with van der Waals surface area (Å²) < 4.78 is 6.59. The van der Waals surface area contributed by atoms with Crippen LogP contribution in [0, 0.1) is 0 Å². The molecule has 4 aromatic rings. The first-order valence-corrected chi connectivity index (χ1v) is 15.9. The van der Waals surface area contributed by atoms with Crippen molar-refractivity contribution in [1.29, 1.82) is 0 Å². The Labute approximate surface area is 262 Å². The lowest BCUT2D eigenvalue weighted by Crippen LogP contribution is -2.29. The number of ketones is 1. The van der Waals surface area contributed by atoms with Crippen molar-refractivity contribution in [3.05, 3.63) is 105 Å². The highest BCUT2D eigenvalue weighted by Crippen LogP contribution is 2.44. The Hall–Kier alpha value is -3.37. The third-order valence-corrected chi connectivity index (χ3v) is 9.26. The summed E-state index contributed by atoms with van der Waals surface area (Å²) in [6.07, 6.45) is 3.04. The average molecular weight is 641 g/mol. The van der Waals surface area contributed by atoms with Crippen LogP contribution in [0.15, 0.2) is 82.7 Å². The minimum absolute atomic E-state index is 0.0453. The van der Waals surface area contributed by atoms with E-state index >= 15 is 0 Å². The fraction of sp³-hybridized carbons (Fsp3) is 0.226. The molecule has 7 nitrogen and oxygen atoms in total. The maximum atomic E-state index is 13.5. The number of Topliss-reactive ketones (excluding diaryl/α,β-unsaturated/α-hetero) is 1. The predicted molar refractivity (Wildman–Crippen MR) is 169 cm³/mol. The molecule has 216 valence electrons. The Morgan fingerprint density at radius 1 is 1.00 bits per heavy atom. The van der Waals surface area contributed by atoms with Crippen molar-refractivity contribution in [2.24, 2.45) is 0 Å². The van der Waals surface area contributed by atoms with E-state index in [2.05, 4.69) is 17.1 Å². The molecule has 1 atom stereocenters. The van der Waals surface area contributed by atoms with Gasteiger partial charge in [0, 0.05) is 21.4 Å². The lowest BCUT2D eigenvalue weighted by molar-refractivity contribution is -0.132. The summed E-state index contributed by atoms with van der Waals surface area (Å²) in [6, 6.07) is 20.2. The van der Waals surface area contributed by atoms with Gasteiger partial charge in [0.1, 0.15) is 11.5 Å². The second-order valence-electron chi connectivity index (χ2n) is 9.57. The Morgan fingerprint density at radius 3 is 2.43 bits per heavy atom. The molecule has 0 aliphatic carbocycles. The number of amides is 1. The summed E-state index contributed by atoms with van der Waals surface area (Å²) in [5, 5.41) is 21.3. The monoisotopic (exact) mass is 639 g/mol. The molecule has 1 N–H and O–H groups in total. The zero-order chi connectivity index (χ0) is 29.6. The minimum Gasteiger partial charge on any atom is -0.507 e. The third kappa shape index (κ3) is 6.81. The Kier molecular flexibility index (Phi) is 9.84. The number of hydrogen-bond donors (Lipinski definition) is 1. The van der Waals surface area contributed by atoms with E-state index < -0.39 is 17.7 Å². The van der Waals surface area contributed by atoms with Crippen molar-refractivity contribution >= 4 is 68.9 Å². The first kappa shape index (κ1) is 30.1. The lowest BCUT2D eigenvalue weighted by atomic mass is 9.95. The van der Waals surface area contributed by atoms with Gasteiger partial charge in [-0.2, -0.15) is 0 Å². The molecule has 0 saturated carbocycles. The number of aliphatic hydroxyl groups excluding tert-OH is 1. The standard InChI is InChI=1S/C31H27Cl2N3O4S2/c1-2-3-4-16-40-24-7-5-6-21(17-24)26-25(27(37)20-10-14-23(33)15-11-20)28(38)29(39)36(26)30-34-35-31(42-30)41-18-19-8-12-22(32)13-9-19/h5-15,17,26,37H,2-4,16,18H2,1H3. The fourth-order valence-electron chi connectivity index (χ4n) is 4.51. The van der Waals surface area contributed by atoms with E-state index in [1.54, 1.807) is 42.5 Å². The molecule has 0 radical (unpaired) electrons. The molecule has 3 aromatic carbocycles. The van der Waals surface area contributed by atoms with Gasteiger partial charge in [0.15, 0.2) is 4.34 Å². The average Bonchev–Trinajstić information content (AvgIpc) is 3.57. The van der Waals surface area contributed by atoms with Gasteiger partial charge in [-0.25, -0.2) is 0 Å². The van der Waals surface area contributed by atoms with E-state index in [4.69, 9.17) is 27.9 Å². The smallest absolute Gasteiger partial charge is 0.301 e. The molecular formula is C31H27Cl2N3O4S2. The van der Waals surface area contributed by atoms with Crippen LogP contribution in [0.3, 0.4) is 0 Å². The van der Waals surface area contributed by atoms with Crippen molar-refractivity contribution in [2.75, 3.05) is 11.5 Å². The van der Waals surface area contributed by atoms with E-state index in [1.807, 2.05) is 30.3 Å². The number of hydrogen-bond acceptors (Lipinski definition) is 8. The number of anilines is 1. The maximum absolute atomic E-state index is 13.5. The number of halogens is 2. The molecule has 2 heterocycles. The quantitative estimate of drug-likeness (QED) is 0.0440. The summed E-state index contributed by atoms with van der Waals surface area (Å²) in [6.45, 7) is 2.67. The number of rotatable bonds is 11. The normalized spacial score (nSPS) is 16.3. The van der Waals surface area contributed by atoms with E-state index in [9.17, 15) is 14.7 Å². The van der Waals surface area contributed by atoms with E-state index in [-0.39, 0.29) is 16.5 Å². The zero-order valence-corrected chi connectivity index (χ0v) is 25.8. The van der Waals surface area contributed by atoms with Crippen molar-refractivity contribution in [1.82, 2.24) is 10.2 Å². The lowest BCUT2D eigenvalue weighted by Gasteiger charge is -2.23. The van der Waals surface area contributed by atoms with Gasteiger partial charge < -0.3 is 9.84 Å². The van der Waals surface area contributed by atoms with Gasteiger partial charge >= 0.3 is 5.91 Å². The summed E-state index contributed by atoms with van der Waals surface area (Å²) in [7, 11) is 0. The van der Waals surface area contributed by atoms with Crippen molar-refractivity contribution in [3.63, 3.8) is 0 Å². The largest absolute Gasteiger partial charge is 0.507 e. The van der Waals surface area contributed by atoms with Crippen molar-refractivity contribution in [2.45, 2.75) is 42.3 Å². The van der Waals surface area contributed by atoms with Crippen LogP contribution in [0.4, 0.5) is 5.13 Å². The van der Waals surface area contributed by atoms with Crippen LogP contribution >= 0.6 is 46.3 Å². The number of unbranched alkanes of at least 4 members (excludes halogenated alkanes) is 2. The Morgan fingerprint density at radius 2 is 1.71 bits per heavy atom. The van der Waals surface area contributed by atoms with Gasteiger partial charge in [0.2, 0.25) is 5.13 Å². The second kappa shape index (κ2) is 13.7. The molecule has 42 heavy (non-hydrogen) atoms. The molecule has 1 saturated heterocycles. The molecule has 0 spiro atoms. The fourth-order valence-corrected chi connectivity index (χ4v) is 6.58. The van der Waals surface area contributed by atoms with Gasteiger partial charge in [-0.05, 0) is 66.1 Å². The summed E-state index contributed by atoms with van der Waals surface area (Å²) >= 11 is 14.7. The highest BCUT2D eigenvalue weighted by atomic mass is 35.5. The summed E-state index contributed by atoms with van der Waals surface area (Å²) in [4.78, 5) is 28.3. The number of thioether (sulfide) groups is 1. The molecule has 11 heteroatoms. The van der Waals surface area contributed by atoms with E-state index in [1.165, 1.54) is 28.0 Å². The Balaban J connectivity index is 1.51. The van der Waals surface area contributed by atoms with Gasteiger partial charge in [-0.3, -0.25) is 14.5 Å². The molecule has 1 unspecified atom stereocenters. The van der Waals surface area contributed by atoms with Crippen molar-refractivity contribution < 1.29 is 19.4 Å². The molecule has 1 amide bonds. The molecule has 1 fully saturated rings. The van der Waals surface area contributed by atoms with Crippen LogP contribution in [0.1, 0.15) is 48.9 Å². The predicted octanol–water partition coefficient (Wildman–Crippen LogP) is 8.33. The Bertz CT molecular complexity index is 1610. The number of nitrogens with zero attached hydrogens (tertiary/aromatic N) is 3. The highest BCUT2D eigenvalue weighted by molar-refractivity contribution is 8.00. The van der Waals surface area contributed by atoms with Gasteiger partial charge in [-0.15, -0.1) is 10.2 Å². The summed E-state index contributed by atoms with van der Waals surface area (Å²) in [5.74, 6) is -0.671. The maximum Gasteiger partial charge on any atom is 0.301 e. The number of benzene rings is 3. The van der Waals surface area contributed by atoms with E-state index in [0.29, 0.717) is 43.6 Å². The third-order valence-electron chi connectivity index (χ3n) is 6.63. The van der Waals surface area contributed by atoms with Crippen molar-refractivity contribution in [3.8, 4) is 5.75 Å². The molecule has 1 aromatic heterocycles. The number of aliphatic hydroxyl groups is 1. The molecule has 5 rings (SSSR count). The van der Waals surface area contributed by atoms with Crippen LogP contribution in [0.5, 0.6) is 5.75 Å². The topological polar surface area (TPSA) is 92.6 Å². The van der Waals surface area contributed by atoms with Crippen LogP contribution in [0.25, 0.3) is 5.76 Å². The van der Waals surface area contributed by atoms with Gasteiger partial charge in [-0.1, -0.05) is 90.3 Å².